The maximum absolute atomic E-state index is 12.1. The topological polar surface area (TPSA) is 58.5 Å². The molecule has 0 spiro atoms. The molecule has 0 bridgehead atoms. The maximum Gasteiger partial charge on any atom is 0.276 e. The summed E-state index contributed by atoms with van der Waals surface area (Å²) in [5.41, 5.74) is 3.06. The molecule has 4 nitrogen and oxygen atoms in total. The van der Waals surface area contributed by atoms with Gasteiger partial charge in [0.05, 0.1) is 11.1 Å². The first-order valence-electron chi connectivity index (χ1n) is 7.40. The monoisotopic (exact) mass is 330 g/mol. The van der Waals surface area contributed by atoms with Gasteiger partial charge in [-0.05, 0) is 41.7 Å². The third-order valence-corrected chi connectivity index (χ3v) is 4.71. The van der Waals surface area contributed by atoms with Gasteiger partial charge in [0.2, 0.25) is 0 Å². The molecule has 122 valence electrons. The summed E-state index contributed by atoms with van der Waals surface area (Å²) in [6, 6.07) is 14.5. The number of hydrogen-bond acceptors (Lipinski definition) is 3. The zero-order valence-corrected chi connectivity index (χ0v) is 14.7. The molecule has 23 heavy (non-hydrogen) atoms. The van der Waals surface area contributed by atoms with Gasteiger partial charge in [-0.25, -0.2) is 4.83 Å². The summed E-state index contributed by atoms with van der Waals surface area (Å²) in [6.45, 7) is 8.29. The van der Waals surface area contributed by atoms with Crippen molar-refractivity contribution in [3.63, 3.8) is 0 Å². The van der Waals surface area contributed by atoms with Crippen LogP contribution in [0.25, 0.3) is 0 Å². The lowest BCUT2D eigenvalue weighted by molar-refractivity contribution is 0.584. The molecular weight excluding hydrogens is 308 g/mol. The summed E-state index contributed by atoms with van der Waals surface area (Å²) in [6.07, 6.45) is 1.51. The van der Waals surface area contributed by atoms with Crippen LogP contribution < -0.4 is 4.83 Å². The number of hydrogen-bond donors (Lipinski definition) is 1. The molecule has 0 aliphatic heterocycles. The van der Waals surface area contributed by atoms with Crippen molar-refractivity contribution in [1.82, 2.24) is 4.83 Å². The van der Waals surface area contributed by atoms with Gasteiger partial charge in [0, 0.05) is 0 Å². The molecule has 0 saturated heterocycles. The minimum Gasteiger partial charge on any atom is -0.200 e. The standard InChI is InChI=1S/C18H22N2O2S/c1-14-8-10-17(11-9-14)23(21,22)20-19-13-15-6-5-7-16(12-15)18(2,3)4/h5-13,20H,1-4H3/b19-13+. The lowest BCUT2D eigenvalue weighted by Crippen LogP contribution is -2.18. The van der Waals surface area contributed by atoms with Gasteiger partial charge < -0.3 is 0 Å². The number of sulfonamides is 1. The van der Waals surface area contributed by atoms with E-state index in [0.29, 0.717) is 0 Å². The van der Waals surface area contributed by atoms with E-state index in [4.69, 9.17) is 0 Å². The Balaban J connectivity index is 2.14. The molecule has 0 heterocycles. The Bertz CT molecular complexity index is 802. The molecule has 0 saturated carbocycles. The summed E-state index contributed by atoms with van der Waals surface area (Å²) in [4.78, 5) is 2.44. The molecule has 2 rings (SSSR count). The quantitative estimate of drug-likeness (QED) is 0.688. The fraction of sp³-hybridized carbons (Fsp3) is 0.278. The van der Waals surface area contributed by atoms with Crippen LogP contribution in [0.5, 0.6) is 0 Å². The van der Waals surface area contributed by atoms with Crippen molar-refractivity contribution in [2.45, 2.75) is 38.0 Å². The molecule has 0 radical (unpaired) electrons. The highest BCUT2D eigenvalue weighted by molar-refractivity contribution is 7.89. The van der Waals surface area contributed by atoms with E-state index in [2.05, 4.69) is 30.7 Å². The van der Waals surface area contributed by atoms with Gasteiger partial charge in [0.25, 0.3) is 10.0 Å². The molecule has 0 unspecified atom stereocenters. The predicted octanol–water partition coefficient (Wildman–Crippen LogP) is 3.60. The van der Waals surface area contributed by atoms with Gasteiger partial charge in [0.15, 0.2) is 0 Å². The minimum atomic E-state index is -3.63. The number of nitrogens with one attached hydrogen (secondary N) is 1. The fourth-order valence-corrected chi connectivity index (χ4v) is 2.82. The van der Waals surface area contributed by atoms with E-state index in [-0.39, 0.29) is 10.3 Å². The molecule has 0 aliphatic rings. The minimum absolute atomic E-state index is 0.0330. The second kappa shape index (κ2) is 6.54. The normalized spacial score (nSPS) is 12.5. The molecule has 2 aromatic rings. The van der Waals surface area contributed by atoms with Crippen LogP contribution in [-0.2, 0) is 15.4 Å². The second-order valence-electron chi connectivity index (χ2n) is 6.54. The Hall–Kier alpha value is -2.14. The Labute approximate surface area is 138 Å². The van der Waals surface area contributed by atoms with E-state index in [1.165, 1.54) is 11.8 Å². The molecular formula is C18H22N2O2S. The molecule has 2 aromatic carbocycles. The van der Waals surface area contributed by atoms with Gasteiger partial charge in [-0.15, -0.1) is 0 Å². The highest BCUT2D eigenvalue weighted by Crippen LogP contribution is 2.22. The van der Waals surface area contributed by atoms with E-state index in [1.54, 1.807) is 24.3 Å². The summed E-state index contributed by atoms with van der Waals surface area (Å²) in [7, 11) is -3.63. The van der Waals surface area contributed by atoms with Crippen molar-refractivity contribution in [3.05, 3.63) is 65.2 Å². The predicted molar refractivity (Wildman–Crippen MR) is 94.2 cm³/mol. The summed E-state index contributed by atoms with van der Waals surface area (Å²) < 4.78 is 24.3. The van der Waals surface area contributed by atoms with Crippen molar-refractivity contribution in [1.29, 1.82) is 0 Å². The molecule has 0 aromatic heterocycles. The Morgan fingerprint density at radius 2 is 1.70 bits per heavy atom. The molecule has 1 N–H and O–H groups in total. The van der Waals surface area contributed by atoms with Crippen LogP contribution in [-0.4, -0.2) is 14.6 Å². The second-order valence-corrected chi connectivity index (χ2v) is 8.20. The average molecular weight is 330 g/mol. The summed E-state index contributed by atoms with van der Waals surface area (Å²) >= 11 is 0. The molecule has 0 fully saturated rings. The van der Waals surface area contributed by atoms with Crippen LogP contribution in [0.3, 0.4) is 0 Å². The van der Waals surface area contributed by atoms with E-state index in [9.17, 15) is 8.42 Å². The fourth-order valence-electron chi connectivity index (χ4n) is 2.03. The van der Waals surface area contributed by atoms with Crippen LogP contribution >= 0.6 is 0 Å². The molecule has 5 heteroatoms. The first kappa shape index (κ1) is 17.2. The SMILES string of the molecule is Cc1ccc(S(=O)(=O)N/N=C/c2cccc(C(C)(C)C)c2)cc1. The Kier molecular flexibility index (Phi) is 4.90. The summed E-state index contributed by atoms with van der Waals surface area (Å²) in [5.74, 6) is 0. The number of aryl methyl sites for hydroxylation is 1. The van der Waals surface area contributed by atoms with Crippen LogP contribution in [0, 0.1) is 6.92 Å². The Morgan fingerprint density at radius 3 is 2.30 bits per heavy atom. The maximum atomic E-state index is 12.1. The van der Waals surface area contributed by atoms with Gasteiger partial charge in [-0.2, -0.15) is 13.5 Å². The highest BCUT2D eigenvalue weighted by atomic mass is 32.2. The van der Waals surface area contributed by atoms with Crippen molar-refractivity contribution in [2.24, 2.45) is 5.10 Å². The van der Waals surface area contributed by atoms with Crippen molar-refractivity contribution in [2.75, 3.05) is 0 Å². The van der Waals surface area contributed by atoms with Gasteiger partial charge in [-0.3, -0.25) is 0 Å². The molecule has 0 aliphatic carbocycles. The smallest absolute Gasteiger partial charge is 0.200 e. The summed E-state index contributed by atoms with van der Waals surface area (Å²) in [5, 5.41) is 3.87. The van der Waals surface area contributed by atoms with Crippen LogP contribution in [0.1, 0.15) is 37.5 Å². The van der Waals surface area contributed by atoms with Crippen LogP contribution in [0.15, 0.2) is 58.5 Å². The third-order valence-electron chi connectivity index (χ3n) is 3.47. The van der Waals surface area contributed by atoms with E-state index < -0.39 is 10.0 Å². The number of nitrogens with zero attached hydrogens (tertiary/aromatic N) is 1. The van der Waals surface area contributed by atoms with Crippen molar-refractivity contribution >= 4 is 16.2 Å². The van der Waals surface area contributed by atoms with E-state index in [0.717, 1.165) is 11.1 Å². The highest BCUT2D eigenvalue weighted by Gasteiger charge is 2.14. The first-order valence-corrected chi connectivity index (χ1v) is 8.89. The van der Waals surface area contributed by atoms with Crippen molar-refractivity contribution in [3.8, 4) is 0 Å². The van der Waals surface area contributed by atoms with Crippen LogP contribution in [0.2, 0.25) is 0 Å². The zero-order chi connectivity index (χ0) is 17.1. The lowest BCUT2D eigenvalue weighted by atomic mass is 9.86. The van der Waals surface area contributed by atoms with Crippen molar-refractivity contribution < 1.29 is 8.42 Å². The first-order chi connectivity index (χ1) is 10.7. The number of benzene rings is 2. The van der Waals surface area contributed by atoms with Crippen LogP contribution in [0.4, 0.5) is 0 Å². The zero-order valence-electron chi connectivity index (χ0n) is 13.9. The molecule has 0 atom stereocenters. The van der Waals surface area contributed by atoms with E-state index >= 15 is 0 Å². The number of hydrazone groups is 1. The lowest BCUT2D eigenvalue weighted by Gasteiger charge is -2.19. The van der Waals surface area contributed by atoms with Gasteiger partial charge >= 0.3 is 0 Å². The number of rotatable bonds is 4. The Morgan fingerprint density at radius 1 is 1.04 bits per heavy atom. The average Bonchev–Trinajstić information content (AvgIpc) is 2.47. The van der Waals surface area contributed by atoms with E-state index in [1.807, 2.05) is 31.2 Å². The molecule has 0 amide bonds. The van der Waals surface area contributed by atoms with Gasteiger partial charge in [0.1, 0.15) is 0 Å². The third kappa shape index (κ3) is 4.66. The van der Waals surface area contributed by atoms with Gasteiger partial charge in [-0.1, -0.05) is 56.7 Å². The largest absolute Gasteiger partial charge is 0.276 e.